The fourth-order valence-electron chi connectivity index (χ4n) is 4.69. The van der Waals surface area contributed by atoms with E-state index in [9.17, 15) is 0 Å². The molecule has 0 fully saturated rings. The van der Waals surface area contributed by atoms with Crippen LogP contribution in [0.2, 0.25) is 0 Å². The van der Waals surface area contributed by atoms with Crippen LogP contribution in [0, 0.1) is 0 Å². The molecule has 5 aromatic rings. The molecule has 0 unspecified atom stereocenters. The van der Waals surface area contributed by atoms with Crippen molar-refractivity contribution in [1.29, 1.82) is 0 Å². The molecule has 0 atom stereocenters. The van der Waals surface area contributed by atoms with Crippen molar-refractivity contribution in [3.63, 3.8) is 0 Å². The Morgan fingerprint density at radius 2 is 0.839 bits per heavy atom. The van der Waals surface area contributed by atoms with Gasteiger partial charge < -0.3 is 0 Å². The van der Waals surface area contributed by atoms with Gasteiger partial charge in [0.05, 0.1) is 0 Å². The minimum atomic E-state index is 1.03. The monoisotopic (exact) mass is 394 g/mol. The summed E-state index contributed by atoms with van der Waals surface area (Å²) in [5.74, 6) is 0. The lowest BCUT2D eigenvalue weighted by Crippen LogP contribution is -1.87. The fraction of sp³-hybridized carbons (Fsp3) is 0.0323. The summed E-state index contributed by atoms with van der Waals surface area (Å²) in [5.41, 5.74) is 13.1. The van der Waals surface area contributed by atoms with Gasteiger partial charge in [-0.3, -0.25) is 0 Å². The second kappa shape index (κ2) is 7.41. The minimum Gasteiger partial charge on any atom is -0.0622 e. The first-order chi connectivity index (χ1) is 15.3. The molecule has 0 saturated carbocycles. The zero-order valence-corrected chi connectivity index (χ0v) is 17.3. The lowest BCUT2D eigenvalue weighted by molar-refractivity contribution is 1.26. The topological polar surface area (TPSA) is 0 Å². The third kappa shape index (κ3) is 3.27. The maximum Gasteiger partial charge on any atom is -0.00134 e. The highest BCUT2D eigenvalue weighted by molar-refractivity contribution is 5.85. The highest BCUT2D eigenvalue weighted by Gasteiger charge is 2.18. The minimum absolute atomic E-state index is 1.03. The Morgan fingerprint density at radius 3 is 1.48 bits per heavy atom. The zero-order valence-electron chi connectivity index (χ0n) is 17.3. The molecule has 6 rings (SSSR count). The molecule has 0 amide bonds. The number of rotatable bonds is 3. The van der Waals surface area contributed by atoms with Crippen LogP contribution in [-0.2, 0) is 6.42 Å². The van der Waals surface area contributed by atoms with Gasteiger partial charge in [0, 0.05) is 0 Å². The summed E-state index contributed by atoms with van der Waals surface area (Å²) in [7, 11) is 0. The largest absolute Gasteiger partial charge is 0.0622 e. The van der Waals surface area contributed by atoms with Gasteiger partial charge in [0.1, 0.15) is 0 Å². The normalized spacial score (nSPS) is 11.7. The molecular weight excluding hydrogens is 372 g/mol. The third-order valence-electron chi connectivity index (χ3n) is 6.28. The Labute approximate surface area is 183 Å². The van der Waals surface area contributed by atoms with E-state index in [1.807, 2.05) is 0 Å². The van der Waals surface area contributed by atoms with E-state index in [2.05, 4.69) is 121 Å². The molecule has 0 aromatic heterocycles. The Hall–Kier alpha value is -3.90. The second-order valence-electron chi connectivity index (χ2n) is 8.24. The van der Waals surface area contributed by atoms with Crippen molar-refractivity contribution in [2.24, 2.45) is 0 Å². The summed E-state index contributed by atoms with van der Waals surface area (Å²) < 4.78 is 0. The van der Waals surface area contributed by atoms with Crippen LogP contribution < -0.4 is 0 Å². The summed E-state index contributed by atoms with van der Waals surface area (Å²) in [6, 6.07) is 44.0. The van der Waals surface area contributed by atoms with Gasteiger partial charge in [-0.15, -0.1) is 0 Å². The van der Waals surface area contributed by atoms with E-state index in [0.717, 1.165) is 6.42 Å². The lowest BCUT2D eigenvalue weighted by atomic mass is 9.92. The van der Waals surface area contributed by atoms with Crippen LogP contribution in [0.15, 0.2) is 121 Å². The quantitative estimate of drug-likeness (QED) is 0.283. The molecule has 0 saturated heterocycles. The smallest absolute Gasteiger partial charge is 0.00134 e. The van der Waals surface area contributed by atoms with Gasteiger partial charge in [0.2, 0.25) is 0 Å². The standard InChI is InChI=1S/C31H22/c1-3-9-22(10-4-1)27-18-28(23-11-5-2-6-12-23)20-29(19-27)24-15-16-26-17-25-13-7-8-14-30(25)31(26)21-24/h1-16,18-21H,17H2. The highest BCUT2D eigenvalue weighted by Crippen LogP contribution is 2.40. The molecule has 0 N–H and O–H groups in total. The first-order valence-corrected chi connectivity index (χ1v) is 10.8. The number of hydrogen-bond donors (Lipinski definition) is 0. The molecule has 146 valence electrons. The molecule has 1 aliphatic carbocycles. The molecule has 0 spiro atoms. The van der Waals surface area contributed by atoms with Crippen molar-refractivity contribution >= 4 is 0 Å². The van der Waals surface area contributed by atoms with Crippen molar-refractivity contribution in [2.45, 2.75) is 6.42 Å². The highest BCUT2D eigenvalue weighted by atomic mass is 14.2. The van der Waals surface area contributed by atoms with E-state index in [4.69, 9.17) is 0 Å². The van der Waals surface area contributed by atoms with Gasteiger partial charge in [0.15, 0.2) is 0 Å². The van der Waals surface area contributed by atoms with Crippen LogP contribution in [0.25, 0.3) is 44.5 Å². The number of benzene rings is 5. The lowest BCUT2D eigenvalue weighted by Gasteiger charge is -2.12. The molecule has 31 heavy (non-hydrogen) atoms. The molecule has 5 aromatic carbocycles. The van der Waals surface area contributed by atoms with Gasteiger partial charge in [-0.25, -0.2) is 0 Å². The van der Waals surface area contributed by atoms with Crippen LogP contribution in [-0.4, -0.2) is 0 Å². The predicted octanol–water partition coefficient (Wildman–Crippen LogP) is 8.26. The van der Waals surface area contributed by atoms with Crippen molar-refractivity contribution in [1.82, 2.24) is 0 Å². The Balaban J connectivity index is 1.53. The van der Waals surface area contributed by atoms with Crippen molar-refractivity contribution < 1.29 is 0 Å². The number of hydrogen-bond acceptors (Lipinski definition) is 0. The molecule has 0 bridgehead atoms. The first kappa shape index (κ1) is 17.9. The maximum absolute atomic E-state index is 2.38. The first-order valence-electron chi connectivity index (χ1n) is 10.8. The fourth-order valence-corrected chi connectivity index (χ4v) is 4.69. The molecule has 0 aliphatic heterocycles. The summed E-state index contributed by atoms with van der Waals surface area (Å²) in [6.45, 7) is 0. The van der Waals surface area contributed by atoms with Crippen LogP contribution in [0.3, 0.4) is 0 Å². The van der Waals surface area contributed by atoms with Crippen LogP contribution in [0.4, 0.5) is 0 Å². The summed E-state index contributed by atoms with van der Waals surface area (Å²) in [6.07, 6.45) is 1.03. The van der Waals surface area contributed by atoms with Gasteiger partial charge in [-0.05, 0) is 86.3 Å². The van der Waals surface area contributed by atoms with E-state index in [1.165, 1.54) is 55.6 Å². The Bertz CT molecular complexity index is 1320. The SMILES string of the molecule is c1ccc(-c2cc(-c3ccccc3)cc(-c3ccc4c(c3)-c3ccccc3C4)c2)cc1. The zero-order chi connectivity index (χ0) is 20.6. The van der Waals surface area contributed by atoms with Crippen LogP contribution in [0.5, 0.6) is 0 Å². The molecule has 0 heterocycles. The van der Waals surface area contributed by atoms with Crippen molar-refractivity contribution in [3.05, 3.63) is 132 Å². The average Bonchev–Trinajstić information content (AvgIpc) is 3.23. The second-order valence-corrected chi connectivity index (χ2v) is 8.24. The van der Waals surface area contributed by atoms with E-state index in [0.29, 0.717) is 0 Å². The Morgan fingerprint density at radius 1 is 0.323 bits per heavy atom. The van der Waals surface area contributed by atoms with E-state index < -0.39 is 0 Å². The van der Waals surface area contributed by atoms with E-state index in [-0.39, 0.29) is 0 Å². The van der Waals surface area contributed by atoms with Gasteiger partial charge in [-0.1, -0.05) is 97.1 Å². The van der Waals surface area contributed by atoms with Gasteiger partial charge in [-0.2, -0.15) is 0 Å². The third-order valence-corrected chi connectivity index (χ3v) is 6.28. The predicted molar refractivity (Wildman–Crippen MR) is 131 cm³/mol. The molecule has 1 aliphatic rings. The molecule has 0 heteroatoms. The maximum atomic E-state index is 2.38. The molecular formula is C31H22. The van der Waals surface area contributed by atoms with Crippen LogP contribution in [0.1, 0.15) is 11.1 Å². The van der Waals surface area contributed by atoms with Gasteiger partial charge >= 0.3 is 0 Å². The summed E-state index contributed by atoms with van der Waals surface area (Å²) in [4.78, 5) is 0. The average molecular weight is 395 g/mol. The summed E-state index contributed by atoms with van der Waals surface area (Å²) >= 11 is 0. The van der Waals surface area contributed by atoms with Crippen LogP contribution >= 0.6 is 0 Å². The Kier molecular flexibility index (Phi) is 4.28. The van der Waals surface area contributed by atoms with Gasteiger partial charge in [0.25, 0.3) is 0 Å². The van der Waals surface area contributed by atoms with E-state index >= 15 is 0 Å². The number of fused-ring (bicyclic) bond motifs is 3. The summed E-state index contributed by atoms with van der Waals surface area (Å²) in [5, 5.41) is 0. The van der Waals surface area contributed by atoms with Crippen molar-refractivity contribution in [3.8, 4) is 44.5 Å². The van der Waals surface area contributed by atoms with E-state index in [1.54, 1.807) is 0 Å². The molecule has 0 radical (unpaired) electrons. The van der Waals surface area contributed by atoms with Crippen molar-refractivity contribution in [2.75, 3.05) is 0 Å². The molecule has 0 nitrogen and oxygen atoms in total.